The van der Waals surface area contributed by atoms with Crippen molar-refractivity contribution in [3.05, 3.63) is 73.2 Å². The Morgan fingerprint density at radius 1 is 0.750 bits per heavy atom. The zero-order valence-corrected chi connectivity index (χ0v) is 31.4. The molecule has 5 nitrogen and oxygen atoms in total. The van der Waals surface area contributed by atoms with Crippen LogP contribution in [0.5, 0.6) is 0 Å². The van der Waals surface area contributed by atoms with Crippen molar-refractivity contribution in [1.29, 1.82) is 0 Å². The van der Waals surface area contributed by atoms with Gasteiger partial charge >= 0.3 is 76.8 Å². The van der Waals surface area contributed by atoms with Crippen molar-refractivity contribution in [1.82, 2.24) is 0 Å². The Morgan fingerprint density at radius 3 is 1.33 bits per heavy atom. The number of rotatable bonds is 2. The monoisotopic (exact) mass is 886 g/mol. The van der Waals surface area contributed by atoms with Crippen LogP contribution in [0, 0.1) is 7.43 Å². The number of carboxylic acid groups (broad SMARTS) is 1. The van der Waals surface area contributed by atoms with E-state index in [4.69, 9.17) is 10.8 Å². The van der Waals surface area contributed by atoms with E-state index in [-0.39, 0.29) is 25.7 Å². The number of carboxylic acids is 1. The number of carbonyl (C=O) groups is 2. The van der Waals surface area contributed by atoms with Crippen molar-refractivity contribution < 1.29 is 24.4 Å². The third-order valence-corrected chi connectivity index (χ3v) is 2.33. The minimum atomic E-state index is -0.879. The van der Waals surface area contributed by atoms with Gasteiger partial charge in [-0.05, 0) is 30.3 Å². The molecule has 0 radical (unpaired) electrons. The zero-order valence-electron chi connectivity index (χ0n) is 23.5. The molecule has 0 aromatic heterocycles. The van der Waals surface area contributed by atoms with Gasteiger partial charge in [-0.1, -0.05) is 101 Å². The van der Waals surface area contributed by atoms with Crippen molar-refractivity contribution in [3.63, 3.8) is 0 Å². The van der Waals surface area contributed by atoms with Gasteiger partial charge in [-0.15, -0.1) is 0 Å². The van der Waals surface area contributed by atoms with Gasteiger partial charge in [0.2, 0.25) is 0 Å². The number of nitrogen functional groups attached to an aromatic ring is 1. The predicted molar refractivity (Wildman–Crippen MR) is 188 cm³/mol. The summed E-state index contributed by atoms with van der Waals surface area (Å²) in [5.74, 6) is -1.24. The Morgan fingerprint density at radius 2 is 1.08 bits per heavy atom. The van der Waals surface area contributed by atoms with Crippen LogP contribution in [-0.2, 0) is 9.66 Å². The maximum absolute atomic E-state index is 10.9. The van der Waals surface area contributed by atoms with Crippen LogP contribution in [0.3, 0.4) is 0 Å². The molecule has 2 rings (SSSR count). The first kappa shape index (κ1) is 56.2. The molecule has 2 aromatic carbocycles. The van der Waals surface area contributed by atoms with Crippen LogP contribution in [0.15, 0.2) is 54.6 Å². The van der Waals surface area contributed by atoms with E-state index in [1.165, 1.54) is 7.11 Å². The van der Waals surface area contributed by atoms with E-state index in [0.29, 0.717) is 16.8 Å². The van der Waals surface area contributed by atoms with E-state index in [2.05, 4.69) is 64.7 Å². The van der Waals surface area contributed by atoms with Gasteiger partial charge in [0.1, 0.15) is 0 Å². The molecule has 0 atom stereocenters. The quantitative estimate of drug-likeness (QED) is 0.136. The molecule has 0 saturated carbocycles. The Labute approximate surface area is 261 Å². The number of benzene rings is 2. The van der Waals surface area contributed by atoms with Gasteiger partial charge in [-0.3, -0.25) is 0 Å². The second-order valence-corrected chi connectivity index (χ2v) is 39.3. The number of hydrogen-bond donors (Lipinski definition) is 2. The van der Waals surface area contributed by atoms with Gasteiger partial charge in [0.25, 0.3) is 0 Å². The summed E-state index contributed by atoms with van der Waals surface area (Å²) in [7, 11) is 1.34. The van der Waals surface area contributed by atoms with Gasteiger partial charge in [0.15, 0.2) is 0 Å². The summed E-state index contributed by atoms with van der Waals surface area (Å²) in [6.07, 6.45) is 0. The molecule has 0 aliphatic carbocycles. The van der Waals surface area contributed by atoms with Gasteiger partial charge in [0.05, 0.1) is 18.2 Å². The first-order valence-corrected chi connectivity index (χ1v) is 24.8. The van der Waals surface area contributed by atoms with Crippen molar-refractivity contribution in [2.24, 2.45) is 0 Å². The van der Waals surface area contributed by atoms with Crippen LogP contribution in [0.25, 0.3) is 0 Å². The molecule has 0 bridgehead atoms. The molecule has 36 heavy (non-hydrogen) atoms. The molecule has 0 aliphatic rings. The van der Waals surface area contributed by atoms with Crippen LogP contribution in [0.2, 0.25) is 0 Å². The summed E-state index contributed by atoms with van der Waals surface area (Å²) in [5, 5.41) is 8.38. The van der Waals surface area contributed by atoms with E-state index >= 15 is 0 Å². The first-order valence-electron chi connectivity index (χ1n) is 11.3. The van der Waals surface area contributed by atoms with Crippen LogP contribution in [0.1, 0.15) is 97.4 Å². The van der Waals surface area contributed by atoms with Gasteiger partial charge in [-0.25, -0.2) is 9.59 Å². The number of nitrogens with two attached hydrogens (primary N) is 1. The first-order chi connectivity index (χ1) is 16.3. The number of hydrogen-bond acceptors (Lipinski definition) is 4. The van der Waals surface area contributed by atoms with Crippen molar-refractivity contribution in [3.8, 4) is 0 Å². The van der Waals surface area contributed by atoms with Crippen LogP contribution >= 0.6 is 59.9 Å². The number of ether oxygens (including phenoxy) is 1. The number of aromatic carboxylic acids is 1. The van der Waals surface area contributed by atoms with Crippen LogP contribution in [0.4, 0.5) is 5.69 Å². The summed E-state index contributed by atoms with van der Waals surface area (Å²) >= 11 is 7.39. The summed E-state index contributed by atoms with van der Waals surface area (Å²) in [6.45, 7) is 20.0. The van der Waals surface area contributed by atoms with Crippen molar-refractivity contribution in [2.75, 3.05) is 12.8 Å². The molecule has 0 spiro atoms. The van der Waals surface area contributed by atoms with E-state index in [1.54, 1.807) is 54.6 Å². The Bertz CT molecular complexity index is 645. The molecule has 3 N–H and O–H groups in total. The Balaban J connectivity index is -0.0000000473. The standard InChI is InChI=1S/C8H9NO2.C7H6O2.5C2H6.CH4.CH3.3HI.V/c1-11-8(10)6-3-2-4-7(9)5-6;8-7(9)6-4-2-1-3-5-6;5*1-2;;;;;;/h2-5H,9H2,1H3;1-5H,(H,8,9);5*1-2H3;1H4;1H3;3*1H;/q;;;;;;;;-1;;;;+3/p-3. The number of anilines is 1. The average molecular weight is 886 g/mol. The second kappa shape index (κ2) is 51.6. The molecule has 2 aromatic rings. The molecule has 0 saturated heterocycles. The molecule has 216 valence electrons. The topological polar surface area (TPSA) is 89.6 Å². The Kier molecular flexibility index (Phi) is 80.5. The predicted octanol–water partition coefficient (Wildman–Crippen LogP) is 11.3. The van der Waals surface area contributed by atoms with Crippen molar-refractivity contribution >= 4 is 77.6 Å². The van der Waals surface area contributed by atoms with E-state index < -0.39 is 5.97 Å². The third kappa shape index (κ3) is 47.2. The number of esters is 1. The molecule has 0 unspecified atom stereocenters. The SMILES string of the molecule is C.CC.CC.CC.CC.CC.COC(=O)c1cccc(N)c1.O=C(O)c1ccccc1.[CH3-].[I][V]([I])[I]. The molecule has 0 amide bonds. The van der Waals surface area contributed by atoms with Gasteiger partial charge in [-0.2, -0.15) is 0 Å². The number of halogens is 3. The molecular formula is C27H52I3NO4V-. The number of methoxy groups -OCH3 is 1. The van der Waals surface area contributed by atoms with Crippen LogP contribution < -0.4 is 5.73 Å². The van der Waals surface area contributed by atoms with E-state index in [9.17, 15) is 9.59 Å². The minimum absolute atomic E-state index is 0. The summed E-state index contributed by atoms with van der Waals surface area (Å²) in [6, 6.07) is 15.0. The van der Waals surface area contributed by atoms with E-state index in [1.807, 2.05) is 69.2 Å². The molecule has 0 heterocycles. The summed E-state index contributed by atoms with van der Waals surface area (Å²) in [5.41, 5.74) is 6.82. The van der Waals surface area contributed by atoms with Gasteiger partial charge < -0.3 is 23.0 Å². The summed E-state index contributed by atoms with van der Waals surface area (Å²) < 4.78 is 4.50. The van der Waals surface area contributed by atoms with Crippen LogP contribution in [-0.4, -0.2) is 24.2 Å². The number of carbonyl (C=O) groups excluding carboxylic acids is 1. The summed E-state index contributed by atoms with van der Waals surface area (Å²) in [4.78, 5) is 20.8. The fourth-order valence-electron chi connectivity index (χ4n) is 1.36. The maximum atomic E-state index is 10.9. The fourth-order valence-corrected chi connectivity index (χ4v) is 1.36. The normalized spacial score (nSPS) is 6.86. The molecular weight excluding hydrogens is 834 g/mol. The van der Waals surface area contributed by atoms with E-state index in [0.717, 1.165) is 0 Å². The molecule has 0 fully saturated rings. The van der Waals surface area contributed by atoms with Gasteiger partial charge in [0, 0.05) is 5.69 Å². The second-order valence-electron chi connectivity index (χ2n) is 3.98. The molecule has 0 aliphatic heterocycles. The fraction of sp³-hybridized carbons (Fsp3) is 0.444. The molecule has 9 heteroatoms. The third-order valence-electron chi connectivity index (χ3n) is 2.33. The van der Waals surface area contributed by atoms with Crippen molar-refractivity contribution in [2.45, 2.75) is 76.7 Å². The zero-order chi connectivity index (χ0) is 28.5. The Hall–Kier alpha value is -0.0456. The average Bonchev–Trinajstić information content (AvgIpc) is 2.90.